The van der Waals surface area contributed by atoms with Crippen molar-refractivity contribution in [1.29, 1.82) is 0 Å². The van der Waals surface area contributed by atoms with Crippen LogP contribution in [0, 0.1) is 0 Å². The number of aromatic nitrogens is 2. The Kier molecular flexibility index (Phi) is 4.58. The highest BCUT2D eigenvalue weighted by Gasteiger charge is 2.17. The van der Waals surface area contributed by atoms with Crippen LogP contribution in [0.15, 0.2) is 59.7 Å². The van der Waals surface area contributed by atoms with Crippen LogP contribution in [-0.4, -0.2) is 22.3 Å². The summed E-state index contributed by atoms with van der Waals surface area (Å²) in [6, 6.07) is 16.4. The van der Waals surface area contributed by atoms with Crippen LogP contribution < -0.4 is 11.2 Å². The van der Waals surface area contributed by atoms with Gasteiger partial charge in [0, 0.05) is 10.6 Å². The van der Waals surface area contributed by atoms with Crippen LogP contribution in [0.2, 0.25) is 5.02 Å². The Balaban J connectivity index is 1.74. The van der Waals surface area contributed by atoms with Crippen molar-refractivity contribution in [3.05, 3.63) is 70.9 Å². The van der Waals surface area contributed by atoms with E-state index in [0.717, 1.165) is 11.1 Å². The fourth-order valence-corrected chi connectivity index (χ4v) is 2.24. The SMILES string of the molecule is Nc1c(-c2ccc(Cl)cc2)n[nH]c1C(=O)N/N=C/c1ccccc1. The van der Waals surface area contributed by atoms with Gasteiger partial charge in [-0.2, -0.15) is 10.2 Å². The molecule has 0 saturated heterocycles. The number of carbonyl (C=O) groups excluding carboxylic acids is 1. The van der Waals surface area contributed by atoms with E-state index in [1.807, 2.05) is 30.3 Å². The van der Waals surface area contributed by atoms with E-state index in [9.17, 15) is 4.79 Å². The number of rotatable bonds is 4. The second kappa shape index (κ2) is 6.97. The molecular formula is C17H14ClN5O. The lowest BCUT2D eigenvalue weighted by Crippen LogP contribution is -2.19. The minimum Gasteiger partial charge on any atom is -0.395 e. The Morgan fingerprint density at radius 3 is 2.58 bits per heavy atom. The van der Waals surface area contributed by atoms with Crippen LogP contribution in [0.5, 0.6) is 0 Å². The van der Waals surface area contributed by atoms with Gasteiger partial charge in [-0.25, -0.2) is 5.43 Å². The average molecular weight is 340 g/mol. The molecule has 120 valence electrons. The van der Waals surface area contributed by atoms with Gasteiger partial charge in [0.25, 0.3) is 5.91 Å². The highest BCUT2D eigenvalue weighted by Crippen LogP contribution is 2.27. The van der Waals surface area contributed by atoms with E-state index < -0.39 is 5.91 Å². The Morgan fingerprint density at radius 1 is 1.17 bits per heavy atom. The number of aromatic amines is 1. The molecule has 3 aromatic rings. The molecule has 0 spiro atoms. The van der Waals surface area contributed by atoms with Gasteiger partial charge >= 0.3 is 0 Å². The molecule has 7 heteroatoms. The Morgan fingerprint density at radius 2 is 1.88 bits per heavy atom. The minimum atomic E-state index is -0.465. The molecule has 2 aromatic carbocycles. The lowest BCUT2D eigenvalue weighted by molar-refractivity contribution is 0.0951. The molecule has 1 amide bonds. The van der Waals surface area contributed by atoms with E-state index in [0.29, 0.717) is 10.7 Å². The van der Waals surface area contributed by atoms with Crippen LogP contribution in [-0.2, 0) is 0 Å². The predicted molar refractivity (Wildman–Crippen MR) is 94.9 cm³/mol. The van der Waals surface area contributed by atoms with Crippen molar-refractivity contribution in [2.75, 3.05) is 5.73 Å². The van der Waals surface area contributed by atoms with E-state index in [2.05, 4.69) is 20.7 Å². The van der Waals surface area contributed by atoms with E-state index in [4.69, 9.17) is 17.3 Å². The molecule has 0 bridgehead atoms. The molecule has 0 fully saturated rings. The monoisotopic (exact) mass is 339 g/mol. The molecule has 0 radical (unpaired) electrons. The number of H-pyrrole nitrogens is 1. The zero-order chi connectivity index (χ0) is 16.9. The number of anilines is 1. The largest absolute Gasteiger partial charge is 0.395 e. The molecule has 1 aromatic heterocycles. The topological polar surface area (TPSA) is 96.2 Å². The standard InChI is InChI=1S/C17H14ClN5O/c18-13-8-6-12(7-9-13)15-14(19)16(22-21-15)17(24)23-20-10-11-4-2-1-3-5-11/h1-10H,19H2,(H,21,22)(H,23,24)/b20-10+. The van der Waals surface area contributed by atoms with Crippen LogP contribution in [0.4, 0.5) is 5.69 Å². The summed E-state index contributed by atoms with van der Waals surface area (Å²) >= 11 is 5.86. The van der Waals surface area contributed by atoms with Gasteiger partial charge in [-0.1, -0.05) is 54.1 Å². The van der Waals surface area contributed by atoms with Crippen LogP contribution in [0.25, 0.3) is 11.3 Å². The van der Waals surface area contributed by atoms with Gasteiger partial charge in [0.2, 0.25) is 0 Å². The summed E-state index contributed by atoms with van der Waals surface area (Å²) in [5.41, 5.74) is 11.0. The van der Waals surface area contributed by atoms with Gasteiger partial charge in [0.05, 0.1) is 11.9 Å². The lowest BCUT2D eigenvalue weighted by Gasteiger charge is -2.00. The molecule has 3 rings (SSSR count). The first-order valence-corrected chi connectivity index (χ1v) is 7.51. The molecule has 0 atom stereocenters. The van der Waals surface area contributed by atoms with E-state index in [-0.39, 0.29) is 11.4 Å². The Labute approximate surface area is 143 Å². The minimum absolute atomic E-state index is 0.158. The van der Waals surface area contributed by atoms with Gasteiger partial charge in [-0.3, -0.25) is 9.89 Å². The van der Waals surface area contributed by atoms with Crippen molar-refractivity contribution in [3.63, 3.8) is 0 Å². The Bertz CT molecular complexity index is 872. The van der Waals surface area contributed by atoms with Gasteiger partial charge in [-0.05, 0) is 17.7 Å². The zero-order valence-corrected chi connectivity index (χ0v) is 13.3. The quantitative estimate of drug-likeness (QED) is 0.503. The number of nitrogens with zero attached hydrogens (tertiary/aromatic N) is 2. The molecule has 24 heavy (non-hydrogen) atoms. The van der Waals surface area contributed by atoms with E-state index in [1.54, 1.807) is 30.5 Å². The van der Waals surface area contributed by atoms with Crippen molar-refractivity contribution in [1.82, 2.24) is 15.6 Å². The molecule has 6 nitrogen and oxygen atoms in total. The van der Waals surface area contributed by atoms with Crippen LogP contribution in [0.1, 0.15) is 16.1 Å². The summed E-state index contributed by atoms with van der Waals surface area (Å²) in [5.74, 6) is -0.465. The number of hydrazone groups is 1. The summed E-state index contributed by atoms with van der Waals surface area (Å²) < 4.78 is 0. The number of hydrogen-bond acceptors (Lipinski definition) is 4. The number of nitrogen functional groups attached to an aromatic ring is 1. The summed E-state index contributed by atoms with van der Waals surface area (Å²) in [6.07, 6.45) is 1.55. The maximum absolute atomic E-state index is 12.2. The fraction of sp³-hybridized carbons (Fsp3) is 0. The molecule has 0 saturated carbocycles. The molecular weight excluding hydrogens is 326 g/mol. The first-order chi connectivity index (χ1) is 11.6. The number of hydrogen-bond donors (Lipinski definition) is 3. The summed E-state index contributed by atoms with van der Waals surface area (Å²) in [7, 11) is 0. The average Bonchev–Trinajstić information content (AvgIpc) is 2.98. The van der Waals surface area contributed by atoms with Crippen LogP contribution in [0.3, 0.4) is 0 Å². The van der Waals surface area contributed by atoms with E-state index in [1.165, 1.54) is 0 Å². The second-order valence-electron chi connectivity index (χ2n) is 4.98. The van der Waals surface area contributed by atoms with Crippen molar-refractivity contribution in [3.8, 4) is 11.3 Å². The van der Waals surface area contributed by atoms with Crippen molar-refractivity contribution in [2.45, 2.75) is 0 Å². The Hall–Kier alpha value is -3.12. The third-order valence-corrected chi connectivity index (χ3v) is 3.58. The molecule has 0 aliphatic carbocycles. The van der Waals surface area contributed by atoms with Gasteiger partial charge < -0.3 is 5.73 Å². The van der Waals surface area contributed by atoms with Gasteiger partial charge in [-0.15, -0.1) is 0 Å². The number of nitrogens with two attached hydrogens (primary N) is 1. The smallest absolute Gasteiger partial charge is 0.291 e. The number of amides is 1. The third kappa shape index (κ3) is 3.44. The normalized spacial score (nSPS) is 10.9. The first-order valence-electron chi connectivity index (χ1n) is 7.13. The first kappa shape index (κ1) is 15.8. The van der Waals surface area contributed by atoms with E-state index >= 15 is 0 Å². The van der Waals surface area contributed by atoms with Gasteiger partial charge in [0.15, 0.2) is 0 Å². The summed E-state index contributed by atoms with van der Waals surface area (Å²) in [5, 5.41) is 11.3. The zero-order valence-electron chi connectivity index (χ0n) is 12.5. The third-order valence-electron chi connectivity index (χ3n) is 3.33. The highest BCUT2D eigenvalue weighted by atomic mass is 35.5. The molecule has 0 unspecified atom stereocenters. The number of benzene rings is 2. The highest BCUT2D eigenvalue weighted by molar-refractivity contribution is 6.30. The summed E-state index contributed by atoms with van der Waals surface area (Å²) in [6.45, 7) is 0. The van der Waals surface area contributed by atoms with Crippen molar-refractivity contribution >= 4 is 29.4 Å². The fourth-order valence-electron chi connectivity index (χ4n) is 2.11. The lowest BCUT2D eigenvalue weighted by atomic mass is 10.1. The predicted octanol–water partition coefficient (Wildman–Crippen LogP) is 3.08. The van der Waals surface area contributed by atoms with Crippen molar-refractivity contribution in [2.24, 2.45) is 5.10 Å². The maximum atomic E-state index is 12.2. The van der Waals surface area contributed by atoms with Gasteiger partial charge in [0.1, 0.15) is 11.4 Å². The molecule has 1 heterocycles. The number of halogens is 1. The molecule has 4 N–H and O–H groups in total. The number of nitrogens with one attached hydrogen (secondary N) is 2. The second-order valence-corrected chi connectivity index (χ2v) is 5.41. The summed E-state index contributed by atoms with van der Waals surface area (Å²) in [4.78, 5) is 12.2. The number of carbonyl (C=O) groups is 1. The van der Waals surface area contributed by atoms with Crippen LogP contribution >= 0.6 is 11.6 Å². The molecule has 0 aliphatic heterocycles. The van der Waals surface area contributed by atoms with Crippen molar-refractivity contribution < 1.29 is 4.79 Å². The molecule has 0 aliphatic rings. The maximum Gasteiger partial charge on any atom is 0.291 e.